The Balaban J connectivity index is 2.25. The summed E-state index contributed by atoms with van der Waals surface area (Å²) in [6.45, 7) is 4.02. The molecule has 23 heavy (non-hydrogen) atoms. The van der Waals surface area contributed by atoms with Crippen molar-refractivity contribution in [3.8, 4) is 5.75 Å². The second kappa shape index (κ2) is 7.11. The number of nitrogens with zero attached hydrogens (tertiary/aromatic N) is 1. The molecule has 0 saturated carbocycles. The standard InChI is InChI=1S/C16H15ClN2O4/c1-3-23-12-6-4-5-11(8-12)16(20)18-14-9-13(17)15(19(21)22)7-10(14)2/h4-9H,3H2,1-2H3,(H,18,20). The molecule has 7 heteroatoms. The second-order valence-electron chi connectivity index (χ2n) is 4.79. The Morgan fingerprint density at radius 2 is 2.09 bits per heavy atom. The zero-order valence-corrected chi connectivity index (χ0v) is 13.4. The number of carbonyl (C=O) groups excluding carboxylic acids is 1. The SMILES string of the molecule is CCOc1cccc(C(=O)Nc2cc(Cl)c([N+](=O)[O-])cc2C)c1. The van der Waals surface area contributed by atoms with Crippen LogP contribution >= 0.6 is 11.6 Å². The van der Waals surface area contributed by atoms with Gasteiger partial charge in [-0.05, 0) is 43.7 Å². The molecular formula is C16H15ClN2O4. The fourth-order valence-electron chi connectivity index (χ4n) is 2.03. The van der Waals surface area contributed by atoms with E-state index < -0.39 is 4.92 Å². The fraction of sp³-hybridized carbons (Fsp3) is 0.188. The molecule has 0 atom stereocenters. The number of nitrogens with one attached hydrogen (secondary N) is 1. The number of nitro groups is 1. The molecule has 0 unspecified atom stereocenters. The molecule has 0 radical (unpaired) electrons. The van der Waals surface area contributed by atoms with Crippen LogP contribution in [-0.4, -0.2) is 17.4 Å². The largest absolute Gasteiger partial charge is 0.494 e. The number of anilines is 1. The predicted molar refractivity (Wildman–Crippen MR) is 88.4 cm³/mol. The maximum atomic E-state index is 12.3. The quantitative estimate of drug-likeness (QED) is 0.656. The van der Waals surface area contributed by atoms with Gasteiger partial charge in [-0.3, -0.25) is 14.9 Å². The third kappa shape index (κ3) is 3.98. The van der Waals surface area contributed by atoms with Gasteiger partial charge in [0.15, 0.2) is 0 Å². The third-order valence-electron chi connectivity index (χ3n) is 3.15. The molecule has 0 fully saturated rings. The summed E-state index contributed by atoms with van der Waals surface area (Å²) in [4.78, 5) is 22.6. The highest BCUT2D eigenvalue weighted by Gasteiger charge is 2.16. The molecule has 120 valence electrons. The maximum absolute atomic E-state index is 12.3. The zero-order valence-electron chi connectivity index (χ0n) is 12.6. The molecule has 6 nitrogen and oxygen atoms in total. The van der Waals surface area contributed by atoms with E-state index in [9.17, 15) is 14.9 Å². The van der Waals surface area contributed by atoms with Crippen LogP contribution in [0.3, 0.4) is 0 Å². The maximum Gasteiger partial charge on any atom is 0.288 e. The molecule has 0 saturated heterocycles. The van der Waals surface area contributed by atoms with Gasteiger partial charge in [0.05, 0.1) is 11.5 Å². The molecule has 0 aliphatic heterocycles. The van der Waals surface area contributed by atoms with Gasteiger partial charge in [-0.25, -0.2) is 0 Å². The van der Waals surface area contributed by atoms with E-state index in [0.717, 1.165) is 0 Å². The van der Waals surface area contributed by atoms with Crippen molar-refractivity contribution in [2.24, 2.45) is 0 Å². The molecule has 2 rings (SSSR count). The lowest BCUT2D eigenvalue weighted by molar-refractivity contribution is -0.384. The highest BCUT2D eigenvalue weighted by atomic mass is 35.5. The van der Waals surface area contributed by atoms with E-state index >= 15 is 0 Å². The van der Waals surface area contributed by atoms with Gasteiger partial charge in [-0.1, -0.05) is 17.7 Å². The summed E-state index contributed by atoms with van der Waals surface area (Å²) in [5.74, 6) is 0.248. The molecule has 0 aliphatic carbocycles. The van der Waals surface area contributed by atoms with Crippen LogP contribution in [0.2, 0.25) is 5.02 Å². The number of nitro benzene ring substituents is 1. The normalized spacial score (nSPS) is 10.2. The minimum atomic E-state index is -0.563. The van der Waals surface area contributed by atoms with Crippen LogP contribution in [0.1, 0.15) is 22.8 Å². The van der Waals surface area contributed by atoms with Crippen molar-refractivity contribution in [1.82, 2.24) is 0 Å². The summed E-state index contributed by atoms with van der Waals surface area (Å²) in [5.41, 5.74) is 1.20. The Hall–Kier alpha value is -2.60. The summed E-state index contributed by atoms with van der Waals surface area (Å²) in [7, 11) is 0. The first-order chi connectivity index (χ1) is 10.9. The van der Waals surface area contributed by atoms with Crippen molar-refractivity contribution in [1.29, 1.82) is 0 Å². The monoisotopic (exact) mass is 334 g/mol. The lowest BCUT2D eigenvalue weighted by Gasteiger charge is -2.10. The number of halogens is 1. The Kier molecular flexibility index (Phi) is 5.18. The van der Waals surface area contributed by atoms with Crippen molar-refractivity contribution in [2.75, 3.05) is 11.9 Å². The predicted octanol–water partition coefficient (Wildman–Crippen LogP) is 4.21. The van der Waals surface area contributed by atoms with E-state index in [4.69, 9.17) is 16.3 Å². The lowest BCUT2D eigenvalue weighted by atomic mass is 10.1. The van der Waals surface area contributed by atoms with Crippen molar-refractivity contribution < 1.29 is 14.5 Å². The number of ether oxygens (including phenoxy) is 1. The molecule has 0 aromatic heterocycles. The zero-order chi connectivity index (χ0) is 17.0. The number of hydrogen-bond acceptors (Lipinski definition) is 4. The van der Waals surface area contributed by atoms with E-state index in [1.165, 1.54) is 12.1 Å². The molecule has 1 amide bonds. The van der Waals surface area contributed by atoms with E-state index in [1.807, 2.05) is 6.92 Å². The van der Waals surface area contributed by atoms with E-state index in [2.05, 4.69) is 5.32 Å². The number of aryl methyl sites for hydroxylation is 1. The molecule has 0 aliphatic rings. The molecule has 0 heterocycles. The summed E-state index contributed by atoms with van der Waals surface area (Å²) >= 11 is 5.88. The van der Waals surface area contributed by atoms with Crippen molar-refractivity contribution in [3.05, 3.63) is 62.7 Å². The first-order valence-electron chi connectivity index (χ1n) is 6.91. The van der Waals surface area contributed by atoms with Crippen LogP contribution in [0.4, 0.5) is 11.4 Å². The molecule has 1 N–H and O–H groups in total. The van der Waals surface area contributed by atoms with Gasteiger partial charge in [0.2, 0.25) is 0 Å². The number of rotatable bonds is 5. The van der Waals surface area contributed by atoms with Gasteiger partial charge >= 0.3 is 0 Å². The van der Waals surface area contributed by atoms with Crippen LogP contribution in [0, 0.1) is 17.0 Å². The average molecular weight is 335 g/mol. The van der Waals surface area contributed by atoms with Crippen LogP contribution in [0.25, 0.3) is 0 Å². The van der Waals surface area contributed by atoms with E-state index in [0.29, 0.717) is 29.2 Å². The van der Waals surface area contributed by atoms with Gasteiger partial charge < -0.3 is 10.1 Å². The summed E-state index contributed by atoms with van der Waals surface area (Å²) in [5, 5.41) is 13.5. The van der Waals surface area contributed by atoms with Gasteiger partial charge in [0.25, 0.3) is 11.6 Å². The topological polar surface area (TPSA) is 81.5 Å². The van der Waals surface area contributed by atoms with Crippen LogP contribution in [-0.2, 0) is 0 Å². The molecular weight excluding hydrogens is 320 g/mol. The molecule has 2 aromatic carbocycles. The van der Waals surface area contributed by atoms with Crippen LogP contribution in [0.5, 0.6) is 5.75 Å². The minimum Gasteiger partial charge on any atom is -0.494 e. The summed E-state index contributed by atoms with van der Waals surface area (Å²) in [6, 6.07) is 9.46. The van der Waals surface area contributed by atoms with Gasteiger partial charge in [0, 0.05) is 17.3 Å². The third-order valence-corrected chi connectivity index (χ3v) is 3.45. The lowest BCUT2D eigenvalue weighted by Crippen LogP contribution is -2.13. The second-order valence-corrected chi connectivity index (χ2v) is 5.20. The van der Waals surface area contributed by atoms with Crippen LogP contribution in [0.15, 0.2) is 36.4 Å². The molecule has 0 spiro atoms. The number of carbonyl (C=O) groups is 1. The number of benzene rings is 2. The summed E-state index contributed by atoms with van der Waals surface area (Å²) in [6.07, 6.45) is 0. The smallest absolute Gasteiger partial charge is 0.288 e. The van der Waals surface area contributed by atoms with Crippen LogP contribution < -0.4 is 10.1 Å². The van der Waals surface area contributed by atoms with Gasteiger partial charge in [-0.15, -0.1) is 0 Å². The number of amides is 1. The minimum absolute atomic E-state index is 0.0287. The molecule has 0 bridgehead atoms. The van der Waals surface area contributed by atoms with Crippen molar-refractivity contribution in [3.63, 3.8) is 0 Å². The highest BCUT2D eigenvalue weighted by molar-refractivity contribution is 6.33. The molecule has 2 aromatic rings. The van der Waals surface area contributed by atoms with E-state index in [-0.39, 0.29) is 16.6 Å². The Morgan fingerprint density at radius 1 is 1.35 bits per heavy atom. The number of hydrogen-bond donors (Lipinski definition) is 1. The Bertz CT molecular complexity index is 762. The Labute approximate surface area is 138 Å². The van der Waals surface area contributed by atoms with E-state index in [1.54, 1.807) is 31.2 Å². The first kappa shape index (κ1) is 16.8. The average Bonchev–Trinajstić information content (AvgIpc) is 2.51. The van der Waals surface area contributed by atoms with Gasteiger partial charge in [-0.2, -0.15) is 0 Å². The fourth-order valence-corrected chi connectivity index (χ4v) is 2.26. The van der Waals surface area contributed by atoms with Gasteiger partial charge in [0.1, 0.15) is 10.8 Å². The highest BCUT2D eigenvalue weighted by Crippen LogP contribution is 2.30. The summed E-state index contributed by atoms with van der Waals surface area (Å²) < 4.78 is 5.36. The van der Waals surface area contributed by atoms with Crippen molar-refractivity contribution >= 4 is 28.9 Å². The Morgan fingerprint density at radius 3 is 2.74 bits per heavy atom. The van der Waals surface area contributed by atoms with Crippen molar-refractivity contribution in [2.45, 2.75) is 13.8 Å². The first-order valence-corrected chi connectivity index (χ1v) is 7.29.